The van der Waals surface area contributed by atoms with Crippen LogP contribution in [0.5, 0.6) is 11.5 Å². The van der Waals surface area contributed by atoms with Crippen molar-refractivity contribution in [2.24, 2.45) is 0 Å². The molecule has 0 spiro atoms. The van der Waals surface area contributed by atoms with Crippen LogP contribution < -0.4 is 15.6 Å². The van der Waals surface area contributed by atoms with E-state index in [9.17, 15) is 9.59 Å². The summed E-state index contributed by atoms with van der Waals surface area (Å²) in [5, 5.41) is 7.96. The number of carbonyl (C=O) groups excluding carboxylic acids is 1. The zero-order chi connectivity index (χ0) is 20.9. The van der Waals surface area contributed by atoms with Gasteiger partial charge in [0.2, 0.25) is 0 Å². The van der Waals surface area contributed by atoms with Crippen molar-refractivity contribution >= 4 is 22.5 Å². The lowest BCUT2D eigenvalue weighted by Crippen LogP contribution is -2.31. The number of amides is 1. The average molecular weight is 408 g/mol. The second-order valence-corrected chi connectivity index (χ2v) is 7.37. The van der Waals surface area contributed by atoms with E-state index in [-0.39, 0.29) is 11.5 Å². The van der Waals surface area contributed by atoms with Crippen LogP contribution in [0.4, 0.5) is 0 Å². The first kappa shape index (κ1) is 17.5. The fraction of sp³-hybridized carbons (Fsp3) is 0.0417. The van der Waals surface area contributed by atoms with Crippen LogP contribution in [-0.4, -0.2) is 20.5 Å². The standard InChI is InChI=1S/C24H16N4O3/c29-23-14-7-1-4-10-18(14)28-22(27-23)17(13-25-28)24(30)26-21-15-8-2-5-11-19(15)31-20-12-6-3-9-16(20)21/h1-13,21H,(H,26,30)(H,27,29). The van der Waals surface area contributed by atoms with Crippen molar-refractivity contribution in [3.63, 3.8) is 0 Å². The van der Waals surface area contributed by atoms with Crippen molar-refractivity contribution in [2.45, 2.75) is 6.04 Å². The van der Waals surface area contributed by atoms with E-state index in [1.807, 2.05) is 54.6 Å². The van der Waals surface area contributed by atoms with Gasteiger partial charge in [-0.3, -0.25) is 9.59 Å². The molecule has 7 heteroatoms. The number of benzene rings is 3. The van der Waals surface area contributed by atoms with Crippen LogP contribution in [0.2, 0.25) is 0 Å². The molecule has 1 aliphatic rings. The van der Waals surface area contributed by atoms with Gasteiger partial charge in [0.15, 0.2) is 0 Å². The molecule has 0 aliphatic carbocycles. The zero-order valence-corrected chi connectivity index (χ0v) is 16.2. The number of aromatic amines is 1. The maximum atomic E-state index is 13.3. The van der Waals surface area contributed by atoms with E-state index in [2.05, 4.69) is 15.4 Å². The highest BCUT2D eigenvalue weighted by Crippen LogP contribution is 2.42. The quantitative estimate of drug-likeness (QED) is 0.465. The summed E-state index contributed by atoms with van der Waals surface area (Å²) in [6.07, 6.45) is 1.48. The molecule has 0 unspecified atom stereocenters. The first-order chi connectivity index (χ1) is 15.2. The highest BCUT2D eigenvalue weighted by atomic mass is 16.5. The number of aromatic nitrogens is 3. The summed E-state index contributed by atoms with van der Waals surface area (Å²) in [6.45, 7) is 0. The number of nitrogens with zero attached hydrogens (tertiary/aromatic N) is 2. The molecule has 3 aromatic carbocycles. The van der Waals surface area contributed by atoms with Gasteiger partial charge in [-0.2, -0.15) is 5.10 Å². The maximum Gasteiger partial charge on any atom is 0.259 e. The monoisotopic (exact) mass is 408 g/mol. The third-order valence-electron chi connectivity index (χ3n) is 5.58. The summed E-state index contributed by atoms with van der Waals surface area (Å²) < 4.78 is 7.58. The Labute approximate surface area is 175 Å². The van der Waals surface area contributed by atoms with Gasteiger partial charge in [-0.15, -0.1) is 0 Å². The first-order valence-corrected chi connectivity index (χ1v) is 9.86. The number of rotatable bonds is 2. The molecule has 31 heavy (non-hydrogen) atoms. The second kappa shape index (κ2) is 6.56. The smallest absolute Gasteiger partial charge is 0.259 e. The summed E-state index contributed by atoms with van der Waals surface area (Å²) in [6, 6.07) is 22.0. The van der Waals surface area contributed by atoms with E-state index in [1.165, 1.54) is 6.20 Å². The predicted octanol–water partition coefficient (Wildman–Crippen LogP) is 3.80. The Morgan fingerprint density at radius 3 is 2.32 bits per heavy atom. The van der Waals surface area contributed by atoms with Gasteiger partial charge in [-0.25, -0.2) is 4.52 Å². The highest BCUT2D eigenvalue weighted by molar-refractivity contribution is 6.01. The number of H-pyrrole nitrogens is 1. The maximum absolute atomic E-state index is 13.3. The van der Waals surface area contributed by atoms with Crippen molar-refractivity contribution in [3.05, 3.63) is 106 Å². The van der Waals surface area contributed by atoms with Crippen molar-refractivity contribution in [1.82, 2.24) is 19.9 Å². The topological polar surface area (TPSA) is 88.5 Å². The van der Waals surface area contributed by atoms with Gasteiger partial charge in [-0.05, 0) is 24.3 Å². The molecule has 150 valence electrons. The van der Waals surface area contributed by atoms with Crippen molar-refractivity contribution in [3.8, 4) is 11.5 Å². The van der Waals surface area contributed by atoms with Gasteiger partial charge in [0.05, 0.1) is 23.1 Å². The summed E-state index contributed by atoms with van der Waals surface area (Å²) in [5.41, 5.74) is 2.76. The Bertz CT molecular complexity index is 1500. The molecule has 3 heterocycles. The number of carbonyl (C=O) groups is 1. The SMILES string of the molecule is O=C(NC1c2ccccc2Oc2ccccc21)c1cnn2c1[nH]c(=O)c1ccccc12. The van der Waals surface area contributed by atoms with E-state index in [0.29, 0.717) is 33.6 Å². The fourth-order valence-corrected chi connectivity index (χ4v) is 4.12. The summed E-state index contributed by atoms with van der Waals surface area (Å²) in [5.74, 6) is 1.06. The lowest BCUT2D eigenvalue weighted by atomic mass is 9.94. The van der Waals surface area contributed by atoms with Gasteiger partial charge in [-0.1, -0.05) is 48.5 Å². The molecule has 0 bridgehead atoms. The molecule has 7 nitrogen and oxygen atoms in total. The predicted molar refractivity (Wildman–Crippen MR) is 116 cm³/mol. The van der Waals surface area contributed by atoms with Crippen LogP contribution in [0.1, 0.15) is 27.5 Å². The normalized spacial score (nSPS) is 12.9. The molecule has 0 atom stereocenters. The van der Waals surface area contributed by atoms with E-state index >= 15 is 0 Å². The Kier molecular flexibility index (Phi) is 3.70. The third kappa shape index (κ3) is 2.63. The first-order valence-electron chi connectivity index (χ1n) is 9.86. The number of hydrogen-bond donors (Lipinski definition) is 2. The molecule has 6 rings (SSSR count). The number of hydrogen-bond acceptors (Lipinski definition) is 4. The van der Waals surface area contributed by atoms with E-state index in [4.69, 9.17) is 4.74 Å². The summed E-state index contributed by atoms with van der Waals surface area (Å²) in [4.78, 5) is 28.7. The van der Waals surface area contributed by atoms with Gasteiger partial charge in [0, 0.05) is 11.1 Å². The van der Waals surface area contributed by atoms with Crippen LogP contribution in [0.15, 0.2) is 83.8 Å². The van der Waals surface area contributed by atoms with E-state index in [0.717, 1.165) is 11.1 Å². The minimum Gasteiger partial charge on any atom is -0.457 e. The van der Waals surface area contributed by atoms with Crippen molar-refractivity contribution in [1.29, 1.82) is 0 Å². The molecular formula is C24H16N4O3. The van der Waals surface area contributed by atoms with Crippen LogP contribution in [0.3, 0.4) is 0 Å². The molecular weight excluding hydrogens is 392 g/mol. The number of fused-ring (bicyclic) bond motifs is 5. The molecule has 1 aliphatic heterocycles. The lowest BCUT2D eigenvalue weighted by Gasteiger charge is -2.28. The largest absolute Gasteiger partial charge is 0.457 e. The minimum absolute atomic E-state index is 0.264. The van der Waals surface area contributed by atoms with Gasteiger partial charge in [0.25, 0.3) is 11.5 Å². The Morgan fingerprint density at radius 1 is 0.935 bits per heavy atom. The van der Waals surface area contributed by atoms with Gasteiger partial charge < -0.3 is 15.0 Å². The molecule has 2 aromatic heterocycles. The molecule has 1 amide bonds. The zero-order valence-electron chi connectivity index (χ0n) is 16.2. The molecule has 2 N–H and O–H groups in total. The van der Waals surface area contributed by atoms with Crippen LogP contribution >= 0.6 is 0 Å². The molecule has 0 radical (unpaired) electrons. The summed E-state index contributed by atoms with van der Waals surface area (Å²) >= 11 is 0. The lowest BCUT2D eigenvalue weighted by molar-refractivity contribution is 0.0943. The van der Waals surface area contributed by atoms with E-state index < -0.39 is 6.04 Å². The minimum atomic E-state index is -0.393. The Balaban J connectivity index is 1.46. The Morgan fingerprint density at radius 2 is 1.58 bits per heavy atom. The van der Waals surface area contributed by atoms with Crippen LogP contribution in [-0.2, 0) is 0 Å². The third-order valence-corrected chi connectivity index (χ3v) is 5.58. The number of nitrogens with one attached hydrogen (secondary N) is 2. The Hall–Kier alpha value is -4.39. The summed E-state index contributed by atoms with van der Waals surface area (Å²) in [7, 11) is 0. The molecule has 5 aromatic rings. The van der Waals surface area contributed by atoms with Crippen LogP contribution in [0.25, 0.3) is 16.6 Å². The van der Waals surface area contributed by atoms with Gasteiger partial charge in [0.1, 0.15) is 22.7 Å². The van der Waals surface area contributed by atoms with Crippen molar-refractivity contribution in [2.75, 3.05) is 0 Å². The second-order valence-electron chi connectivity index (χ2n) is 7.37. The molecule has 0 saturated carbocycles. The number of para-hydroxylation sites is 3. The van der Waals surface area contributed by atoms with E-state index in [1.54, 1.807) is 22.7 Å². The average Bonchev–Trinajstić information content (AvgIpc) is 3.23. The molecule has 0 saturated heterocycles. The highest BCUT2D eigenvalue weighted by Gasteiger charge is 2.29. The molecule has 0 fully saturated rings. The fourth-order valence-electron chi connectivity index (χ4n) is 4.12. The number of ether oxygens (including phenoxy) is 1. The van der Waals surface area contributed by atoms with Crippen LogP contribution in [0, 0.1) is 0 Å². The van der Waals surface area contributed by atoms with Crippen molar-refractivity contribution < 1.29 is 9.53 Å². The van der Waals surface area contributed by atoms with Gasteiger partial charge >= 0.3 is 0 Å².